The third-order valence-corrected chi connectivity index (χ3v) is 3.56. The zero-order valence-electron chi connectivity index (χ0n) is 12.9. The zero-order chi connectivity index (χ0) is 15.0. The number of allylic oxidation sites excluding steroid dienone is 8. The van der Waals surface area contributed by atoms with Crippen molar-refractivity contribution in [1.82, 2.24) is 0 Å². The van der Waals surface area contributed by atoms with Gasteiger partial charge in [0, 0.05) is 0 Å². The Labute approximate surface area is 149 Å². The Bertz CT molecular complexity index is 654. The number of hydrogen-bond donors (Lipinski definition) is 0. The maximum atomic E-state index is 3.28. The minimum absolute atomic E-state index is 0. The molecule has 4 rings (SSSR count). The molecule has 114 valence electrons. The van der Waals surface area contributed by atoms with Crippen LogP contribution in [0.1, 0.15) is 24.0 Å². The summed E-state index contributed by atoms with van der Waals surface area (Å²) in [6, 6.07) is 20.7. The Kier molecular flexibility index (Phi) is 6.87. The van der Waals surface area contributed by atoms with Crippen molar-refractivity contribution >= 4 is 11.1 Å². The average molecular weight is 338 g/mol. The second-order valence-corrected chi connectivity index (χ2v) is 5.13. The van der Waals surface area contributed by atoms with Gasteiger partial charge in [0.25, 0.3) is 0 Å². The summed E-state index contributed by atoms with van der Waals surface area (Å²) >= 11 is 0. The van der Waals surface area contributed by atoms with Gasteiger partial charge in [-0.15, -0.1) is 47.5 Å². The van der Waals surface area contributed by atoms with E-state index in [2.05, 4.69) is 85.0 Å². The van der Waals surface area contributed by atoms with Crippen LogP contribution in [0.25, 0.3) is 11.1 Å². The summed E-state index contributed by atoms with van der Waals surface area (Å²) in [6.45, 7) is 0. The fourth-order valence-corrected chi connectivity index (χ4v) is 2.44. The van der Waals surface area contributed by atoms with Gasteiger partial charge in [-0.2, -0.15) is 35.5 Å². The van der Waals surface area contributed by atoms with E-state index >= 15 is 0 Å². The van der Waals surface area contributed by atoms with Crippen molar-refractivity contribution in [2.75, 3.05) is 0 Å². The Morgan fingerprint density at radius 3 is 1.26 bits per heavy atom. The molecule has 0 bridgehead atoms. The molecule has 0 nitrogen and oxygen atoms in total. The van der Waals surface area contributed by atoms with Gasteiger partial charge < -0.3 is 0 Å². The van der Waals surface area contributed by atoms with E-state index in [1.165, 1.54) is 22.3 Å². The molecule has 0 radical (unpaired) electrons. The molecule has 1 heteroatoms. The van der Waals surface area contributed by atoms with E-state index in [4.69, 9.17) is 0 Å². The van der Waals surface area contributed by atoms with Crippen LogP contribution in [-0.2, 0) is 17.1 Å². The SMILES string of the molecule is [C-]1=C(c2ccccc2)C=CC1.[C-]1=C(c2ccccc2)C=CC1.[Fe+2]. The molecule has 0 heterocycles. The van der Waals surface area contributed by atoms with E-state index in [9.17, 15) is 0 Å². The van der Waals surface area contributed by atoms with Crippen molar-refractivity contribution in [3.63, 3.8) is 0 Å². The normalized spacial score (nSPS) is 14.4. The Morgan fingerprint density at radius 1 is 0.565 bits per heavy atom. The molecule has 0 saturated heterocycles. The Hall–Kier alpha value is -2.08. The van der Waals surface area contributed by atoms with E-state index in [1.807, 2.05) is 12.1 Å². The van der Waals surface area contributed by atoms with Crippen LogP contribution in [0.3, 0.4) is 0 Å². The van der Waals surface area contributed by atoms with Crippen molar-refractivity contribution < 1.29 is 17.1 Å². The van der Waals surface area contributed by atoms with Crippen molar-refractivity contribution in [2.24, 2.45) is 0 Å². The minimum Gasteiger partial charge on any atom is -0.197 e. The topological polar surface area (TPSA) is 0 Å². The van der Waals surface area contributed by atoms with E-state index in [1.54, 1.807) is 0 Å². The van der Waals surface area contributed by atoms with Crippen LogP contribution in [0.4, 0.5) is 0 Å². The van der Waals surface area contributed by atoms with Crippen molar-refractivity contribution in [2.45, 2.75) is 12.8 Å². The molecule has 0 fully saturated rings. The van der Waals surface area contributed by atoms with Crippen LogP contribution in [-0.4, -0.2) is 0 Å². The fraction of sp³-hybridized carbons (Fsp3) is 0.0909. The second kappa shape index (κ2) is 9.15. The molecule has 23 heavy (non-hydrogen) atoms. The van der Waals surface area contributed by atoms with Gasteiger partial charge in [-0.05, 0) is 0 Å². The van der Waals surface area contributed by atoms with E-state index in [-0.39, 0.29) is 17.1 Å². The quantitative estimate of drug-likeness (QED) is 0.489. The minimum atomic E-state index is 0. The van der Waals surface area contributed by atoms with Crippen LogP contribution >= 0.6 is 0 Å². The Balaban J connectivity index is 0.000000160. The molecule has 2 aromatic rings. The first kappa shape index (κ1) is 17.3. The van der Waals surface area contributed by atoms with E-state index in [0.29, 0.717) is 0 Å². The van der Waals surface area contributed by atoms with E-state index in [0.717, 1.165) is 12.8 Å². The maximum absolute atomic E-state index is 3.28. The number of benzene rings is 2. The molecule has 0 saturated carbocycles. The van der Waals surface area contributed by atoms with Gasteiger partial charge in [-0.1, -0.05) is 49.2 Å². The summed E-state index contributed by atoms with van der Waals surface area (Å²) in [5, 5.41) is 0. The van der Waals surface area contributed by atoms with Crippen LogP contribution in [0.15, 0.2) is 85.0 Å². The summed E-state index contributed by atoms with van der Waals surface area (Å²) in [6.07, 6.45) is 17.0. The third-order valence-electron chi connectivity index (χ3n) is 3.56. The number of hydrogen-bond acceptors (Lipinski definition) is 0. The molecular weight excluding hydrogens is 320 g/mol. The van der Waals surface area contributed by atoms with Gasteiger partial charge in [0.1, 0.15) is 0 Å². The van der Waals surface area contributed by atoms with Gasteiger partial charge in [-0.3, -0.25) is 0 Å². The molecule has 0 aliphatic heterocycles. The van der Waals surface area contributed by atoms with Crippen molar-refractivity contribution in [3.8, 4) is 0 Å². The molecule has 0 aromatic heterocycles. The summed E-state index contributed by atoms with van der Waals surface area (Å²) in [4.78, 5) is 0. The summed E-state index contributed by atoms with van der Waals surface area (Å²) in [5.41, 5.74) is 4.98. The molecule has 0 atom stereocenters. The summed E-state index contributed by atoms with van der Waals surface area (Å²) in [5.74, 6) is 0. The molecule has 2 aliphatic carbocycles. The first-order valence-corrected chi connectivity index (χ1v) is 7.59. The summed E-state index contributed by atoms with van der Waals surface area (Å²) in [7, 11) is 0. The van der Waals surface area contributed by atoms with Gasteiger partial charge in [-0.25, -0.2) is 0 Å². The zero-order valence-corrected chi connectivity index (χ0v) is 14.0. The van der Waals surface area contributed by atoms with Crippen LogP contribution in [0, 0.1) is 12.2 Å². The summed E-state index contributed by atoms with van der Waals surface area (Å²) < 4.78 is 0. The largest absolute Gasteiger partial charge is 2.00 e. The van der Waals surface area contributed by atoms with Gasteiger partial charge in [0.2, 0.25) is 0 Å². The van der Waals surface area contributed by atoms with E-state index < -0.39 is 0 Å². The van der Waals surface area contributed by atoms with Gasteiger partial charge in [0.15, 0.2) is 0 Å². The Morgan fingerprint density at radius 2 is 0.957 bits per heavy atom. The van der Waals surface area contributed by atoms with Crippen molar-refractivity contribution in [1.29, 1.82) is 0 Å². The molecule has 2 aromatic carbocycles. The maximum Gasteiger partial charge on any atom is 2.00 e. The van der Waals surface area contributed by atoms with Crippen molar-refractivity contribution in [3.05, 3.63) is 108 Å². The van der Waals surface area contributed by atoms with Crippen LogP contribution in [0.2, 0.25) is 0 Å². The second-order valence-electron chi connectivity index (χ2n) is 5.13. The van der Waals surface area contributed by atoms with Crippen LogP contribution in [0.5, 0.6) is 0 Å². The average Bonchev–Trinajstić information content (AvgIpc) is 3.31. The standard InChI is InChI=1S/2C11H9.Fe/c2*1-2-6-10(7-3-1)11-8-4-5-9-11;/h2*1-4,6-8H,5H2;/q2*-1;+2. The predicted molar refractivity (Wildman–Crippen MR) is 93.7 cm³/mol. The first-order chi connectivity index (χ1) is 10.9. The van der Waals surface area contributed by atoms with Gasteiger partial charge >= 0.3 is 17.1 Å². The molecule has 0 amide bonds. The van der Waals surface area contributed by atoms with Crippen LogP contribution < -0.4 is 0 Å². The first-order valence-electron chi connectivity index (χ1n) is 7.59. The smallest absolute Gasteiger partial charge is 0.197 e. The molecular formula is C22H18Fe. The molecule has 0 unspecified atom stereocenters. The number of rotatable bonds is 2. The predicted octanol–water partition coefficient (Wildman–Crippen LogP) is 5.66. The molecule has 0 spiro atoms. The molecule has 0 N–H and O–H groups in total. The third kappa shape index (κ3) is 4.96. The molecule has 2 aliphatic rings. The van der Waals surface area contributed by atoms with Gasteiger partial charge in [0.05, 0.1) is 0 Å². The monoisotopic (exact) mass is 338 g/mol. The fourth-order valence-electron chi connectivity index (χ4n) is 2.44.